The van der Waals surface area contributed by atoms with Gasteiger partial charge >= 0.3 is 6.18 Å². The highest BCUT2D eigenvalue weighted by Gasteiger charge is 2.41. The lowest BCUT2D eigenvalue weighted by Crippen LogP contribution is -2.42. The molecule has 1 aliphatic heterocycles. The van der Waals surface area contributed by atoms with Crippen LogP contribution in [-0.4, -0.2) is 36.6 Å². The monoisotopic (exact) mass is 331 g/mol. The number of nitriles is 1. The van der Waals surface area contributed by atoms with Crippen LogP contribution in [0.5, 0.6) is 0 Å². The Balaban J connectivity index is 1.80. The van der Waals surface area contributed by atoms with Crippen molar-refractivity contribution in [2.75, 3.05) is 25.0 Å². The van der Waals surface area contributed by atoms with Gasteiger partial charge < -0.3 is 10.2 Å². The number of alkyl halides is 3. The Morgan fingerprint density at radius 3 is 3.00 bits per heavy atom. The first-order valence-corrected chi connectivity index (χ1v) is 7.84. The van der Waals surface area contributed by atoms with Gasteiger partial charge in [0.15, 0.2) is 0 Å². The number of likely N-dealkylation sites (tertiary alicyclic amines) is 1. The summed E-state index contributed by atoms with van der Waals surface area (Å²) in [6, 6.07) is 3.58. The molecule has 1 aromatic heterocycles. The highest BCUT2D eigenvalue weighted by Crippen LogP contribution is 2.33. The number of halogens is 3. The van der Waals surface area contributed by atoms with Crippen molar-refractivity contribution in [3.05, 3.63) is 17.0 Å². The van der Waals surface area contributed by atoms with Crippen LogP contribution in [0.1, 0.15) is 24.8 Å². The summed E-state index contributed by atoms with van der Waals surface area (Å²) < 4.78 is 38.1. The van der Waals surface area contributed by atoms with E-state index in [1.807, 2.05) is 6.07 Å². The van der Waals surface area contributed by atoms with Crippen molar-refractivity contribution >= 4 is 22.2 Å². The normalized spacial score (nSPS) is 19.6. The third-order valence-electron chi connectivity index (χ3n) is 3.66. The molecule has 2 rings (SSSR count). The SMILES string of the molecule is N#Cc1ccsc1NC(=O)CCN1CCC[C@H](C(F)(F)F)C1. The number of thiophene rings is 1. The first-order chi connectivity index (χ1) is 10.4. The van der Waals surface area contributed by atoms with E-state index in [9.17, 15) is 18.0 Å². The fraction of sp³-hybridized carbons (Fsp3) is 0.571. The highest BCUT2D eigenvalue weighted by molar-refractivity contribution is 7.14. The molecule has 0 bridgehead atoms. The van der Waals surface area contributed by atoms with Gasteiger partial charge in [0, 0.05) is 19.5 Å². The molecule has 0 spiro atoms. The van der Waals surface area contributed by atoms with Crippen molar-refractivity contribution in [1.82, 2.24) is 4.90 Å². The van der Waals surface area contributed by atoms with Crippen LogP contribution in [0.3, 0.4) is 0 Å². The molecule has 0 aliphatic carbocycles. The van der Waals surface area contributed by atoms with Gasteiger partial charge in [-0.15, -0.1) is 11.3 Å². The number of carbonyl (C=O) groups is 1. The molecule has 0 unspecified atom stereocenters. The van der Waals surface area contributed by atoms with Gasteiger partial charge in [0.2, 0.25) is 5.91 Å². The van der Waals surface area contributed by atoms with Crippen LogP contribution in [0.15, 0.2) is 11.4 Å². The standard InChI is InChI=1S/C14H16F3N3OS/c15-14(16,17)11-2-1-5-20(9-11)6-3-12(21)19-13-10(8-18)4-7-22-13/h4,7,11H,1-3,5-6,9H2,(H,19,21)/t11-/m0/s1. The van der Waals surface area contributed by atoms with E-state index in [0.29, 0.717) is 30.1 Å². The Hall–Kier alpha value is -1.59. The Bertz CT molecular complexity index is 564. The van der Waals surface area contributed by atoms with Gasteiger partial charge in [0.1, 0.15) is 11.1 Å². The Labute approximate surface area is 130 Å². The van der Waals surface area contributed by atoms with Crippen LogP contribution in [-0.2, 0) is 4.79 Å². The average molecular weight is 331 g/mol. The summed E-state index contributed by atoms with van der Waals surface area (Å²) in [6.45, 7) is 0.840. The zero-order valence-corrected chi connectivity index (χ0v) is 12.6. The van der Waals surface area contributed by atoms with Crippen molar-refractivity contribution in [1.29, 1.82) is 5.26 Å². The van der Waals surface area contributed by atoms with Crippen LogP contribution >= 0.6 is 11.3 Å². The average Bonchev–Trinajstić information content (AvgIpc) is 2.91. The number of anilines is 1. The quantitative estimate of drug-likeness (QED) is 0.921. The zero-order valence-electron chi connectivity index (χ0n) is 11.8. The predicted molar refractivity (Wildman–Crippen MR) is 77.5 cm³/mol. The Morgan fingerprint density at radius 2 is 2.32 bits per heavy atom. The van der Waals surface area contributed by atoms with Gasteiger partial charge in [-0.25, -0.2) is 0 Å². The molecule has 8 heteroatoms. The van der Waals surface area contributed by atoms with E-state index in [1.165, 1.54) is 11.3 Å². The number of nitrogens with zero attached hydrogens (tertiary/aromatic N) is 2. The van der Waals surface area contributed by atoms with Crippen LogP contribution in [0, 0.1) is 17.2 Å². The maximum absolute atomic E-state index is 12.7. The highest BCUT2D eigenvalue weighted by atomic mass is 32.1. The lowest BCUT2D eigenvalue weighted by molar-refractivity contribution is -0.186. The third kappa shape index (κ3) is 4.45. The molecule has 0 aromatic carbocycles. The van der Waals surface area contributed by atoms with Crippen LogP contribution < -0.4 is 5.32 Å². The minimum absolute atomic E-state index is 0.0424. The Kier molecular flexibility index (Phi) is 5.42. The molecule has 4 nitrogen and oxygen atoms in total. The minimum Gasteiger partial charge on any atom is -0.317 e. The van der Waals surface area contributed by atoms with E-state index in [-0.39, 0.29) is 25.3 Å². The number of hydrogen-bond acceptors (Lipinski definition) is 4. The van der Waals surface area contributed by atoms with Crippen LogP contribution in [0.25, 0.3) is 0 Å². The van der Waals surface area contributed by atoms with Gasteiger partial charge in [0.05, 0.1) is 11.5 Å². The van der Waals surface area contributed by atoms with Crippen molar-refractivity contribution in [2.24, 2.45) is 5.92 Å². The summed E-state index contributed by atoms with van der Waals surface area (Å²) in [6.07, 6.45) is -3.39. The van der Waals surface area contributed by atoms with Crippen LogP contribution in [0.4, 0.5) is 18.2 Å². The first kappa shape index (κ1) is 16.8. The molecule has 1 N–H and O–H groups in total. The summed E-state index contributed by atoms with van der Waals surface area (Å²) in [7, 11) is 0. The van der Waals surface area contributed by atoms with Crippen molar-refractivity contribution in [3.63, 3.8) is 0 Å². The molecule has 1 aliphatic rings. The van der Waals surface area contributed by atoms with Crippen LogP contribution in [0.2, 0.25) is 0 Å². The summed E-state index contributed by atoms with van der Waals surface area (Å²) in [5, 5.41) is 13.7. The lowest BCUT2D eigenvalue weighted by Gasteiger charge is -2.33. The van der Waals surface area contributed by atoms with E-state index in [1.54, 1.807) is 16.3 Å². The van der Waals surface area contributed by atoms with Gasteiger partial charge in [0.25, 0.3) is 0 Å². The van der Waals surface area contributed by atoms with Crippen molar-refractivity contribution in [3.8, 4) is 6.07 Å². The number of carbonyl (C=O) groups excluding carboxylic acids is 1. The van der Waals surface area contributed by atoms with E-state index >= 15 is 0 Å². The van der Waals surface area contributed by atoms with Gasteiger partial charge in [-0.2, -0.15) is 18.4 Å². The van der Waals surface area contributed by atoms with E-state index < -0.39 is 12.1 Å². The van der Waals surface area contributed by atoms with Crippen molar-refractivity contribution < 1.29 is 18.0 Å². The summed E-state index contributed by atoms with van der Waals surface area (Å²) in [5.41, 5.74) is 0.397. The second-order valence-electron chi connectivity index (χ2n) is 5.25. The molecule has 1 fully saturated rings. The molecule has 120 valence electrons. The molecule has 1 saturated heterocycles. The topological polar surface area (TPSA) is 56.1 Å². The number of rotatable bonds is 4. The molecule has 1 atom stereocenters. The number of amides is 1. The Morgan fingerprint density at radius 1 is 1.55 bits per heavy atom. The van der Waals surface area contributed by atoms with Gasteiger partial charge in [-0.1, -0.05) is 0 Å². The van der Waals surface area contributed by atoms with Gasteiger partial charge in [-0.3, -0.25) is 4.79 Å². The second kappa shape index (κ2) is 7.11. The molecule has 22 heavy (non-hydrogen) atoms. The molecular weight excluding hydrogens is 315 g/mol. The van der Waals surface area contributed by atoms with E-state index in [0.717, 1.165) is 0 Å². The number of nitrogens with one attached hydrogen (secondary N) is 1. The maximum atomic E-state index is 12.7. The minimum atomic E-state index is -4.17. The fourth-order valence-electron chi connectivity index (χ4n) is 2.47. The summed E-state index contributed by atoms with van der Waals surface area (Å²) in [5.74, 6) is -1.58. The predicted octanol–water partition coefficient (Wildman–Crippen LogP) is 3.22. The van der Waals surface area contributed by atoms with E-state index in [2.05, 4.69) is 5.32 Å². The van der Waals surface area contributed by atoms with E-state index in [4.69, 9.17) is 5.26 Å². The molecule has 1 aromatic rings. The molecule has 1 amide bonds. The van der Waals surface area contributed by atoms with Gasteiger partial charge in [-0.05, 0) is 30.8 Å². The zero-order chi connectivity index (χ0) is 16.2. The molecule has 0 radical (unpaired) electrons. The largest absolute Gasteiger partial charge is 0.393 e. The summed E-state index contributed by atoms with van der Waals surface area (Å²) in [4.78, 5) is 13.5. The first-order valence-electron chi connectivity index (χ1n) is 6.96. The second-order valence-corrected chi connectivity index (χ2v) is 6.17. The molecular formula is C14H16F3N3OS. The molecule has 0 saturated carbocycles. The number of piperidine rings is 1. The fourth-order valence-corrected chi connectivity index (χ4v) is 3.22. The maximum Gasteiger partial charge on any atom is 0.393 e. The molecule has 2 heterocycles. The smallest absolute Gasteiger partial charge is 0.317 e. The summed E-state index contributed by atoms with van der Waals surface area (Å²) >= 11 is 1.25. The van der Waals surface area contributed by atoms with Crippen molar-refractivity contribution in [2.45, 2.75) is 25.4 Å². The third-order valence-corrected chi connectivity index (χ3v) is 4.49. The lowest BCUT2D eigenvalue weighted by atomic mass is 9.97. The number of hydrogen-bond donors (Lipinski definition) is 1.